The molecule has 5 nitrogen and oxygen atoms in total. The Morgan fingerprint density at radius 1 is 1.33 bits per heavy atom. The van der Waals surface area contributed by atoms with Crippen molar-refractivity contribution in [3.63, 3.8) is 0 Å². The maximum absolute atomic E-state index is 11.2. The quantitative estimate of drug-likeness (QED) is 0.546. The highest BCUT2D eigenvalue weighted by Gasteiger charge is 2.28. The number of ether oxygens (including phenoxy) is 1. The highest BCUT2D eigenvalue weighted by molar-refractivity contribution is 8.04. The zero-order valence-electron chi connectivity index (χ0n) is 6.82. The first-order chi connectivity index (χ1) is 5.55. The number of hydrogen-bond donors (Lipinski definition) is 0. The minimum Gasteiger partial charge on any atom is -0.379 e. The van der Waals surface area contributed by atoms with Gasteiger partial charge in [0.05, 0.1) is 13.2 Å². The Balaban J connectivity index is 2.74. The Hall–Kier alpha value is -0.460. The molecular formula is C6H11NO4S. The molecule has 1 fully saturated rings. The average Bonchev–Trinajstić information content (AvgIpc) is 2.06. The van der Waals surface area contributed by atoms with E-state index >= 15 is 0 Å². The van der Waals surface area contributed by atoms with E-state index in [1.165, 1.54) is 0 Å². The molecule has 0 unspecified atom stereocenters. The normalized spacial score (nSPS) is 20.8. The Kier molecular flexibility index (Phi) is 2.81. The van der Waals surface area contributed by atoms with Gasteiger partial charge in [-0.05, 0) is 0 Å². The van der Waals surface area contributed by atoms with Crippen molar-refractivity contribution in [2.45, 2.75) is 6.92 Å². The van der Waals surface area contributed by atoms with Crippen LogP contribution in [0, 0.1) is 0 Å². The lowest BCUT2D eigenvalue weighted by atomic mass is 10.5. The topological polar surface area (TPSA) is 63.7 Å². The molecule has 0 N–H and O–H groups in total. The molecule has 0 radical (unpaired) electrons. The maximum Gasteiger partial charge on any atom is 0.276 e. The third-order valence-corrected chi connectivity index (χ3v) is 3.44. The number of carbonyl (C=O) groups is 1. The SMILES string of the molecule is CC(=O)S(=O)(=O)N1CCOCC1. The largest absolute Gasteiger partial charge is 0.379 e. The van der Waals surface area contributed by atoms with Gasteiger partial charge in [-0.3, -0.25) is 4.79 Å². The van der Waals surface area contributed by atoms with Crippen molar-refractivity contribution in [1.82, 2.24) is 4.31 Å². The van der Waals surface area contributed by atoms with Gasteiger partial charge >= 0.3 is 0 Å². The second-order valence-corrected chi connectivity index (χ2v) is 4.55. The lowest BCUT2D eigenvalue weighted by Gasteiger charge is -2.24. The number of nitrogens with zero attached hydrogens (tertiary/aromatic N) is 1. The van der Waals surface area contributed by atoms with E-state index in [-0.39, 0.29) is 13.1 Å². The fourth-order valence-corrected chi connectivity index (χ4v) is 1.96. The van der Waals surface area contributed by atoms with Gasteiger partial charge in [0.15, 0.2) is 0 Å². The standard InChI is InChI=1S/C6H11NO4S/c1-6(8)12(9,10)7-2-4-11-5-3-7/h2-5H2,1H3. The molecule has 0 bridgehead atoms. The molecule has 12 heavy (non-hydrogen) atoms. The lowest BCUT2D eigenvalue weighted by Crippen LogP contribution is -2.43. The average molecular weight is 193 g/mol. The van der Waals surface area contributed by atoms with Crippen LogP contribution in [0.25, 0.3) is 0 Å². The molecule has 0 aromatic rings. The Labute approximate surface area is 71.4 Å². The zero-order chi connectivity index (χ0) is 9.19. The van der Waals surface area contributed by atoms with Crippen molar-refractivity contribution in [3.05, 3.63) is 0 Å². The monoisotopic (exact) mass is 193 g/mol. The third kappa shape index (κ3) is 1.82. The molecule has 0 saturated carbocycles. The van der Waals surface area contributed by atoms with Crippen LogP contribution >= 0.6 is 0 Å². The predicted octanol–water partition coefficient (Wildman–Crippen LogP) is -0.805. The summed E-state index contributed by atoms with van der Waals surface area (Å²) in [7, 11) is -3.69. The van der Waals surface area contributed by atoms with E-state index in [2.05, 4.69) is 0 Å². The summed E-state index contributed by atoms with van der Waals surface area (Å²) < 4.78 is 28.5. The second-order valence-electron chi connectivity index (χ2n) is 2.51. The molecule has 0 aliphatic carbocycles. The first kappa shape index (κ1) is 9.63. The summed E-state index contributed by atoms with van der Waals surface area (Å²) in [5, 5.41) is -0.801. The number of carbonyl (C=O) groups excluding carboxylic acids is 1. The molecule has 6 heteroatoms. The molecule has 0 aromatic heterocycles. The summed E-state index contributed by atoms with van der Waals surface area (Å²) in [4.78, 5) is 10.7. The van der Waals surface area contributed by atoms with Gasteiger partial charge in [-0.1, -0.05) is 0 Å². The summed E-state index contributed by atoms with van der Waals surface area (Å²) in [6, 6.07) is 0. The van der Waals surface area contributed by atoms with Crippen molar-refractivity contribution in [1.29, 1.82) is 0 Å². The van der Waals surface area contributed by atoms with Crippen LogP contribution < -0.4 is 0 Å². The van der Waals surface area contributed by atoms with Crippen LogP contribution in [0.3, 0.4) is 0 Å². The first-order valence-corrected chi connectivity index (χ1v) is 5.07. The molecule has 1 heterocycles. The lowest BCUT2D eigenvalue weighted by molar-refractivity contribution is -0.110. The van der Waals surface area contributed by atoms with Crippen molar-refractivity contribution >= 4 is 15.1 Å². The summed E-state index contributed by atoms with van der Waals surface area (Å²) in [6.07, 6.45) is 0. The van der Waals surface area contributed by atoms with Gasteiger partial charge in [0.1, 0.15) is 0 Å². The van der Waals surface area contributed by atoms with Gasteiger partial charge in [-0.25, -0.2) is 8.42 Å². The van der Waals surface area contributed by atoms with Crippen LogP contribution in [-0.4, -0.2) is 44.1 Å². The van der Waals surface area contributed by atoms with Gasteiger partial charge in [0.2, 0.25) is 0 Å². The molecule has 1 saturated heterocycles. The summed E-state index contributed by atoms with van der Waals surface area (Å²) >= 11 is 0. The number of sulfonamides is 1. The highest BCUT2D eigenvalue weighted by Crippen LogP contribution is 2.05. The number of morpholine rings is 1. The van der Waals surface area contributed by atoms with Crippen LogP contribution in [0.2, 0.25) is 0 Å². The van der Waals surface area contributed by atoms with Gasteiger partial charge in [-0.2, -0.15) is 4.31 Å². The van der Waals surface area contributed by atoms with Crippen LogP contribution in [0.5, 0.6) is 0 Å². The molecule has 0 amide bonds. The second kappa shape index (κ2) is 3.51. The third-order valence-electron chi connectivity index (χ3n) is 1.67. The van der Waals surface area contributed by atoms with Crippen LogP contribution in [0.15, 0.2) is 0 Å². The molecule has 1 aliphatic heterocycles. The summed E-state index contributed by atoms with van der Waals surface area (Å²) in [5.74, 6) is 0. The van der Waals surface area contributed by atoms with Crippen molar-refractivity contribution < 1.29 is 17.9 Å². The van der Waals surface area contributed by atoms with E-state index in [1.54, 1.807) is 0 Å². The molecular weight excluding hydrogens is 182 g/mol. The zero-order valence-corrected chi connectivity index (χ0v) is 7.63. The van der Waals surface area contributed by atoms with E-state index in [9.17, 15) is 13.2 Å². The predicted molar refractivity (Wildman–Crippen MR) is 42.0 cm³/mol. The molecule has 0 spiro atoms. The van der Waals surface area contributed by atoms with Crippen LogP contribution in [0.4, 0.5) is 0 Å². The first-order valence-electron chi connectivity index (χ1n) is 3.63. The molecule has 0 aromatic carbocycles. The van der Waals surface area contributed by atoms with E-state index in [0.29, 0.717) is 13.2 Å². The Morgan fingerprint density at radius 3 is 2.25 bits per heavy atom. The minimum atomic E-state index is -3.69. The van der Waals surface area contributed by atoms with Gasteiger partial charge < -0.3 is 4.74 Å². The molecule has 70 valence electrons. The summed E-state index contributed by atoms with van der Waals surface area (Å²) in [6.45, 7) is 2.35. The van der Waals surface area contributed by atoms with Gasteiger partial charge in [-0.15, -0.1) is 0 Å². The summed E-state index contributed by atoms with van der Waals surface area (Å²) in [5.41, 5.74) is 0. The van der Waals surface area contributed by atoms with E-state index in [1.807, 2.05) is 0 Å². The fourth-order valence-electron chi connectivity index (χ4n) is 0.969. The highest BCUT2D eigenvalue weighted by atomic mass is 32.2. The number of rotatable bonds is 1. The van der Waals surface area contributed by atoms with Crippen molar-refractivity contribution in [3.8, 4) is 0 Å². The van der Waals surface area contributed by atoms with E-state index < -0.39 is 15.1 Å². The number of hydrogen-bond acceptors (Lipinski definition) is 4. The molecule has 0 atom stereocenters. The van der Waals surface area contributed by atoms with Crippen molar-refractivity contribution in [2.24, 2.45) is 0 Å². The molecule has 1 aliphatic rings. The van der Waals surface area contributed by atoms with Gasteiger partial charge in [0, 0.05) is 20.0 Å². The van der Waals surface area contributed by atoms with E-state index in [4.69, 9.17) is 4.74 Å². The Morgan fingerprint density at radius 2 is 1.83 bits per heavy atom. The van der Waals surface area contributed by atoms with E-state index in [0.717, 1.165) is 11.2 Å². The van der Waals surface area contributed by atoms with Gasteiger partial charge in [0.25, 0.3) is 15.1 Å². The Bertz CT molecular complexity index is 265. The fraction of sp³-hybridized carbons (Fsp3) is 0.833. The minimum absolute atomic E-state index is 0.280. The molecule has 1 rings (SSSR count). The smallest absolute Gasteiger partial charge is 0.276 e. The maximum atomic E-state index is 11.2. The van der Waals surface area contributed by atoms with Crippen LogP contribution in [-0.2, 0) is 19.6 Å². The van der Waals surface area contributed by atoms with Crippen molar-refractivity contribution in [2.75, 3.05) is 26.3 Å². The van der Waals surface area contributed by atoms with Crippen LogP contribution in [0.1, 0.15) is 6.92 Å².